The number of ether oxygens (including phenoxy) is 2. The number of rotatable bonds is 15. The van der Waals surface area contributed by atoms with E-state index in [2.05, 4.69) is 75.5 Å². The summed E-state index contributed by atoms with van der Waals surface area (Å²) in [5.74, 6) is 0.244. The van der Waals surface area contributed by atoms with Crippen molar-refractivity contribution in [3.63, 3.8) is 0 Å². The fourth-order valence-electron chi connectivity index (χ4n) is 6.90. The lowest BCUT2D eigenvalue weighted by atomic mass is 10.1. The van der Waals surface area contributed by atoms with Crippen LogP contribution >= 0.6 is 0 Å². The number of aromatic nitrogens is 14. The molecule has 9 rings (SSSR count). The molecule has 0 bridgehead atoms. The lowest BCUT2D eigenvalue weighted by Crippen LogP contribution is -2.22. The van der Waals surface area contributed by atoms with Gasteiger partial charge < -0.3 is 9.47 Å². The summed E-state index contributed by atoms with van der Waals surface area (Å²) in [6.07, 6.45) is 19.7. The molecule has 0 N–H and O–H groups in total. The first-order valence-corrected chi connectivity index (χ1v) is 28.5. The van der Waals surface area contributed by atoms with E-state index in [1.807, 2.05) is 72.5 Å². The third-order valence-corrected chi connectivity index (χ3v) is 13.9. The van der Waals surface area contributed by atoms with Gasteiger partial charge in [-0.25, -0.2) is 24.3 Å². The molecule has 0 aromatic carbocycles. The molecule has 0 aliphatic carbocycles. The van der Waals surface area contributed by atoms with Gasteiger partial charge in [-0.1, -0.05) is 39.3 Å². The molecular formula is C45H53FN14O2Si2. The van der Waals surface area contributed by atoms with Crippen molar-refractivity contribution in [2.24, 2.45) is 14.1 Å². The Morgan fingerprint density at radius 2 is 1.11 bits per heavy atom. The Bertz CT molecular complexity index is 3000. The van der Waals surface area contributed by atoms with Gasteiger partial charge in [0, 0.05) is 120 Å². The SMILES string of the molecule is Cn1cc(-c2cc3c(-c4ccnc(-n5ccnc5)c4)nn(COCC[Si](C)(C)C)c3cn2)cn1.Cn1cc(-c2cc3c(-c4ccnc(F)c4)nn(COCC[Si](C)(C)C)c3cn2)cn1. The zero-order valence-electron chi connectivity index (χ0n) is 37.5. The number of hydrogen-bond acceptors (Lipinski definition) is 11. The summed E-state index contributed by atoms with van der Waals surface area (Å²) in [4.78, 5) is 21.6. The van der Waals surface area contributed by atoms with E-state index in [4.69, 9.17) is 24.7 Å². The third-order valence-electron chi connectivity index (χ3n) is 10.5. The molecule has 0 fully saturated rings. The monoisotopic (exact) mass is 896 g/mol. The maximum atomic E-state index is 13.8. The molecule has 9 aromatic heterocycles. The standard InChI is InChI=1S/C24H28N8OSi.C21H25FN6OSi/c1-30-15-19(13-28-30)21-12-20-22(14-27-21)32(17-33-9-10-34(2,3)4)29-24(20)18-5-6-26-23(11-18)31-8-7-25-16-31;1-27-13-16(11-25-27)18-10-17-19(12-24-18)28(14-29-7-8-30(2,3)4)26-21(17)15-5-6-23-20(22)9-15/h5-8,11-16H,9-10,17H2,1-4H3;5-6,9-13H,7-8,14H2,1-4H3. The molecule has 0 aliphatic rings. The van der Waals surface area contributed by atoms with Crippen molar-refractivity contribution in [2.75, 3.05) is 13.2 Å². The summed E-state index contributed by atoms with van der Waals surface area (Å²) in [6.45, 7) is 16.1. The van der Waals surface area contributed by atoms with E-state index >= 15 is 0 Å². The van der Waals surface area contributed by atoms with Crippen LogP contribution in [0.3, 0.4) is 0 Å². The second kappa shape index (κ2) is 18.7. The molecule has 64 heavy (non-hydrogen) atoms. The van der Waals surface area contributed by atoms with Crippen molar-refractivity contribution in [3.05, 3.63) is 111 Å². The quantitative estimate of drug-likeness (QED) is 0.0550. The highest BCUT2D eigenvalue weighted by molar-refractivity contribution is 6.76. The molecule has 9 aromatic rings. The van der Waals surface area contributed by atoms with Gasteiger partial charge in [-0.2, -0.15) is 24.8 Å². The first kappa shape index (κ1) is 44.1. The summed E-state index contributed by atoms with van der Waals surface area (Å²) in [5.41, 5.74) is 8.43. The smallest absolute Gasteiger partial charge is 0.213 e. The Morgan fingerprint density at radius 1 is 0.594 bits per heavy atom. The fourth-order valence-corrected chi connectivity index (χ4v) is 8.41. The zero-order chi connectivity index (χ0) is 45.0. The summed E-state index contributed by atoms with van der Waals surface area (Å²) in [7, 11) is 1.43. The third kappa shape index (κ3) is 10.6. The highest BCUT2D eigenvalue weighted by Crippen LogP contribution is 2.33. The predicted molar refractivity (Wildman–Crippen MR) is 251 cm³/mol. The second-order valence-corrected chi connectivity index (χ2v) is 29.4. The summed E-state index contributed by atoms with van der Waals surface area (Å²) in [5, 5.41) is 20.1. The van der Waals surface area contributed by atoms with Crippen LogP contribution in [0.15, 0.2) is 105 Å². The molecule has 0 saturated carbocycles. The van der Waals surface area contributed by atoms with Crippen molar-refractivity contribution < 1.29 is 13.9 Å². The second-order valence-electron chi connectivity index (χ2n) is 18.1. The van der Waals surface area contributed by atoms with E-state index in [-0.39, 0.29) is 0 Å². The maximum Gasteiger partial charge on any atom is 0.213 e. The highest BCUT2D eigenvalue weighted by atomic mass is 28.3. The van der Waals surface area contributed by atoms with Crippen molar-refractivity contribution in [3.8, 4) is 50.8 Å². The summed E-state index contributed by atoms with van der Waals surface area (Å²) in [6, 6.07) is 13.4. The number of halogens is 1. The molecule has 0 amide bonds. The van der Waals surface area contributed by atoms with Crippen LogP contribution in [0.2, 0.25) is 51.4 Å². The largest absolute Gasteiger partial charge is 0.360 e. The molecule has 0 atom stereocenters. The first-order valence-electron chi connectivity index (χ1n) is 21.1. The Labute approximate surface area is 372 Å². The predicted octanol–water partition coefficient (Wildman–Crippen LogP) is 8.74. The van der Waals surface area contributed by atoms with Gasteiger partial charge in [-0.15, -0.1) is 0 Å². The van der Waals surface area contributed by atoms with E-state index in [0.29, 0.717) is 31.3 Å². The van der Waals surface area contributed by atoms with Crippen LogP contribution in [-0.4, -0.2) is 98.0 Å². The minimum absolute atomic E-state index is 0.322. The number of fused-ring (bicyclic) bond motifs is 2. The Hall–Kier alpha value is -6.55. The molecule has 330 valence electrons. The van der Waals surface area contributed by atoms with Gasteiger partial charge in [0.05, 0.1) is 47.2 Å². The van der Waals surface area contributed by atoms with Gasteiger partial charge >= 0.3 is 0 Å². The molecule has 0 saturated heterocycles. The lowest BCUT2D eigenvalue weighted by Gasteiger charge is -2.15. The average Bonchev–Trinajstić information content (AvgIpc) is 4.12. The van der Waals surface area contributed by atoms with Gasteiger partial charge in [0.15, 0.2) is 0 Å². The van der Waals surface area contributed by atoms with Crippen LogP contribution in [0.5, 0.6) is 0 Å². The molecule has 0 spiro atoms. The van der Waals surface area contributed by atoms with E-state index in [9.17, 15) is 4.39 Å². The van der Waals surface area contributed by atoms with E-state index in [0.717, 1.165) is 80.1 Å². The number of hydrogen-bond donors (Lipinski definition) is 0. The number of nitrogens with zero attached hydrogens (tertiary/aromatic N) is 14. The van der Waals surface area contributed by atoms with Crippen molar-refractivity contribution in [2.45, 2.75) is 64.8 Å². The Kier molecular flexibility index (Phi) is 12.9. The van der Waals surface area contributed by atoms with E-state index < -0.39 is 22.1 Å². The Balaban J connectivity index is 0.000000176. The van der Waals surface area contributed by atoms with Gasteiger partial charge in [0.2, 0.25) is 5.95 Å². The highest BCUT2D eigenvalue weighted by Gasteiger charge is 2.19. The minimum Gasteiger partial charge on any atom is -0.360 e. The normalized spacial score (nSPS) is 12.0. The molecule has 0 aliphatic heterocycles. The zero-order valence-corrected chi connectivity index (χ0v) is 39.5. The van der Waals surface area contributed by atoms with Crippen LogP contribution in [0.4, 0.5) is 4.39 Å². The van der Waals surface area contributed by atoms with E-state index in [1.165, 1.54) is 12.3 Å². The van der Waals surface area contributed by atoms with Crippen LogP contribution < -0.4 is 0 Å². The van der Waals surface area contributed by atoms with Gasteiger partial charge in [0.25, 0.3) is 0 Å². The maximum absolute atomic E-state index is 13.8. The molecule has 0 unspecified atom stereocenters. The van der Waals surface area contributed by atoms with Crippen LogP contribution in [-0.2, 0) is 37.0 Å². The van der Waals surface area contributed by atoms with Crippen LogP contribution in [0, 0.1) is 5.95 Å². The van der Waals surface area contributed by atoms with E-state index in [1.54, 1.807) is 51.2 Å². The summed E-state index contributed by atoms with van der Waals surface area (Å²) < 4.78 is 34.8. The van der Waals surface area contributed by atoms with Gasteiger partial charge in [0.1, 0.15) is 37.0 Å². The number of pyridine rings is 4. The topological polar surface area (TPSA) is 159 Å². The average molecular weight is 897 g/mol. The fraction of sp³-hybridized carbons (Fsp3) is 0.311. The molecule has 0 radical (unpaired) electrons. The number of imidazole rings is 1. The summed E-state index contributed by atoms with van der Waals surface area (Å²) >= 11 is 0. The van der Waals surface area contributed by atoms with Crippen LogP contribution in [0.25, 0.3) is 72.7 Å². The lowest BCUT2D eigenvalue weighted by molar-refractivity contribution is 0.0817. The van der Waals surface area contributed by atoms with Crippen LogP contribution in [0.1, 0.15) is 0 Å². The van der Waals surface area contributed by atoms with Crippen molar-refractivity contribution >= 4 is 38.0 Å². The minimum atomic E-state index is -1.17. The Morgan fingerprint density at radius 3 is 1.56 bits per heavy atom. The first-order chi connectivity index (χ1) is 30.7. The molecule has 16 nitrogen and oxygen atoms in total. The molecule has 9 heterocycles. The molecular weight excluding hydrogens is 844 g/mol. The van der Waals surface area contributed by atoms with Gasteiger partial charge in [-0.05, 0) is 42.4 Å². The number of aryl methyl sites for hydroxylation is 2. The van der Waals surface area contributed by atoms with Crippen molar-refractivity contribution in [1.82, 2.24) is 68.6 Å². The van der Waals surface area contributed by atoms with Crippen molar-refractivity contribution in [1.29, 1.82) is 0 Å². The van der Waals surface area contributed by atoms with Gasteiger partial charge in [-0.3, -0.25) is 23.9 Å². The molecule has 19 heteroatoms.